The fourth-order valence-corrected chi connectivity index (χ4v) is 7.53. The smallest absolute Gasteiger partial charge is 0.230 e. The van der Waals surface area contributed by atoms with E-state index in [0.29, 0.717) is 22.6 Å². The second-order valence-electron chi connectivity index (χ2n) is 15.6. The molecule has 0 aliphatic rings. The molecule has 0 saturated carbocycles. The van der Waals surface area contributed by atoms with Gasteiger partial charge < -0.3 is 9.52 Å². The predicted octanol–water partition coefficient (Wildman–Crippen LogP) is 12.6. The third-order valence-electron chi connectivity index (χ3n) is 9.90. The molecule has 0 bridgehead atoms. The maximum Gasteiger partial charge on any atom is 0.230 e. The van der Waals surface area contributed by atoms with Gasteiger partial charge in [0.05, 0.1) is 11.1 Å². The number of phenols is 1. The SMILES string of the molecule is Cc1cc(-c2[c-]c(-c3cc(-c4cccc5ccccc45)cc4oc(-c5cc(C(C)(C)C)ccc5O)nc34)ccc2)c2ncccc2c1C(C)(C)C.[Pt]. The molecule has 6 aromatic carbocycles. The zero-order valence-corrected chi connectivity index (χ0v) is 32.8. The summed E-state index contributed by atoms with van der Waals surface area (Å²) in [6.07, 6.45) is 1.87. The number of pyridine rings is 1. The van der Waals surface area contributed by atoms with Gasteiger partial charge in [-0.1, -0.05) is 125 Å². The van der Waals surface area contributed by atoms with Crippen LogP contribution >= 0.6 is 0 Å². The Kier molecular flexibility index (Phi) is 8.96. The number of rotatable bonds is 4. The van der Waals surface area contributed by atoms with Crippen molar-refractivity contribution in [1.82, 2.24) is 9.97 Å². The van der Waals surface area contributed by atoms with Crippen molar-refractivity contribution in [2.45, 2.75) is 59.3 Å². The minimum absolute atomic E-state index is 0. The van der Waals surface area contributed by atoms with Gasteiger partial charge in [-0.2, -0.15) is 0 Å². The molecular formula is C47H41N2O2Pt-. The number of hydrogen-bond acceptors (Lipinski definition) is 4. The van der Waals surface area contributed by atoms with Crippen molar-refractivity contribution in [2.75, 3.05) is 0 Å². The fourth-order valence-electron chi connectivity index (χ4n) is 7.53. The summed E-state index contributed by atoms with van der Waals surface area (Å²) in [5, 5.41) is 14.5. The number of aromatic nitrogens is 2. The number of oxazole rings is 1. The first-order valence-electron chi connectivity index (χ1n) is 17.6. The van der Waals surface area contributed by atoms with Gasteiger partial charge >= 0.3 is 0 Å². The van der Waals surface area contributed by atoms with Crippen molar-refractivity contribution in [1.29, 1.82) is 0 Å². The van der Waals surface area contributed by atoms with Crippen LogP contribution in [-0.2, 0) is 31.9 Å². The van der Waals surface area contributed by atoms with Crippen LogP contribution in [0.15, 0.2) is 120 Å². The summed E-state index contributed by atoms with van der Waals surface area (Å²) >= 11 is 0. The minimum Gasteiger partial charge on any atom is -0.507 e. The van der Waals surface area contributed by atoms with Crippen molar-refractivity contribution >= 4 is 32.8 Å². The van der Waals surface area contributed by atoms with Crippen molar-refractivity contribution < 1.29 is 30.6 Å². The van der Waals surface area contributed by atoms with Crippen LogP contribution < -0.4 is 0 Å². The largest absolute Gasteiger partial charge is 0.507 e. The summed E-state index contributed by atoms with van der Waals surface area (Å²) in [7, 11) is 0. The molecule has 0 amide bonds. The van der Waals surface area contributed by atoms with Crippen molar-refractivity contribution in [3.63, 3.8) is 0 Å². The molecule has 0 saturated heterocycles. The topological polar surface area (TPSA) is 59.2 Å². The normalized spacial score (nSPS) is 12.1. The molecular weight excluding hydrogens is 820 g/mol. The van der Waals surface area contributed by atoms with Gasteiger partial charge in [0.25, 0.3) is 0 Å². The molecule has 0 unspecified atom stereocenters. The van der Waals surface area contributed by atoms with Gasteiger partial charge in [0, 0.05) is 32.8 Å². The molecule has 4 nitrogen and oxygen atoms in total. The van der Waals surface area contributed by atoms with E-state index in [-0.39, 0.29) is 37.6 Å². The Morgan fingerprint density at radius 3 is 2.08 bits per heavy atom. The van der Waals surface area contributed by atoms with Crippen LogP contribution in [0.3, 0.4) is 0 Å². The number of phenolic OH excluding ortho intramolecular Hbond substituents is 1. The average molecular weight is 861 g/mol. The molecule has 8 aromatic rings. The maximum atomic E-state index is 11.0. The van der Waals surface area contributed by atoms with Crippen LogP contribution in [0.5, 0.6) is 5.75 Å². The van der Waals surface area contributed by atoms with Crippen LogP contribution in [-0.4, -0.2) is 15.1 Å². The van der Waals surface area contributed by atoms with E-state index in [0.717, 1.165) is 55.2 Å². The molecule has 52 heavy (non-hydrogen) atoms. The fraction of sp³-hybridized carbons (Fsp3) is 0.191. The van der Waals surface area contributed by atoms with Crippen LogP contribution in [0.25, 0.3) is 77.6 Å². The third kappa shape index (κ3) is 6.24. The van der Waals surface area contributed by atoms with E-state index >= 15 is 0 Å². The summed E-state index contributed by atoms with van der Waals surface area (Å²) in [5.41, 5.74) is 12.3. The number of aryl methyl sites for hydroxylation is 1. The number of nitrogens with zero attached hydrogens (tertiary/aromatic N) is 2. The van der Waals surface area contributed by atoms with Gasteiger partial charge in [0.1, 0.15) is 11.3 Å². The van der Waals surface area contributed by atoms with Crippen LogP contribution in [0.2, 0.25) is 0 Å². The Balaban J connectivity index is 0.00000420. The van der Waals surface area contributed by atoms with Crippen LogP contribution in [0.1, 0.15) is 58.2 Å². The first-order valence-corrected chi connectivity index (χ1v) is 17.6. The Bertz CT molecular complexity index is 2630. The van der Waals surface area contributed by atoms with E-state index in [4.69, 9.17) is 14.4 Å². The zero-order chi connectivity index (χ0) is 35.7. The molecule has 8 rings (SSSR count). The number of benzene rings is 6. The van der Waals surface area contributed by atoms with E-state index in [1.54, 1.807) is 6.07 Å². The molecule has 0 aliphatic heterocycles. The minimum atomic E-state index is -0.112. The van der Waals surface area contributed by atoms with Crippen molar-refractivity contribution in [2.24, 2.45) is 0 Å². The van der Waals surface area contributed by atoms with Gasteiger partial charge in [-0.25, -0.2) is 4.98 Å². The van der Waals surface area contributed by atoms with E-state index < -0.39 is 0 Å². The number of hydrogen-bond donors (Lipinski definition) is 1. The molecule has 2 aromatic heterocycles. The van der Waals surface area contributed by atoms with E-state index in [1.165, 1.54) is 16.5 Å². The first-order chi connectivity index (χ1) is 24.4. The molecule has 0 spiro atoms. The Hall–Kier alpha value is -5.05. The standard InChI is InChI=1S/C47H41N2O2.Pt/c1-28-23-37(43-36(19-12-22-48-43)42(28)47(5,6)7)30-15-10-16-31(24-30)38-25-32(35-18-11-14-29-13-8-9-17-34(29)35)26-41-44(38)49-45(51-41)39-27-33(46(2,3)4)20-21-40(39)50;/h8-23,25-27,50H,1-7H3;/q-1;. The Morgan fingerprint density at radius 1 is 0.635 bits per heavy atom. The Morgan fingerprint density at radius 2 is 1.33 bits per heavy atom. The second-order valence-corrected chi connectivity index (χ2v) is 15.6. The van der Waals surface area contributed by atoms with Crippen molar-refractivity contribution in [3.05, 3.63) is 138 Å². The van der Waals surface area contributed by atoms with Gasteiger partial charge in [-0.05, 0) is 80.4 Å². The molecule has 5 heteroatoms. The summed E-state index contributed by atoms with van der Waals surface area (Å²) in [6, 6.07) is 41.3. The monoisotopic (exact) mass is 860 g/mol. The molecule has 0 aliphatic carbocycles. The Labute approximate surface area is 319 Å². The molecule has 1 N–H and O–H groups in total. The predicted molar refractivity (Wildman–Crippen MR) is 211 cm³/mol. The van der Waals surface area contributed by atoms with E-state index in [2.05, 4.69) is 139 Å². The summed E-state index contributed by atoms with van der Waals surface area (Å²) in [6.45, 7) is 15.4. The summed E-state index contributed by atoms with van der Waals surface area (Å²) in [5.74, 6) is 0.511. The average Bonchev–Trinajstić information content (AvgIpc) is 3.54. The second kappa shape index (κ2) is 13.2. The van der Waals surface area contributed by atoms with Gasteiger partial charge in [-0.15, -0.1) is 35.4 Å². The molecule has 2 heterocycles. The van der Waals surface area contributed by atoms with Gasteiger partial charge in [0.15, 0.2) is 0 Å². The van der Waals surface area contributed by atoms with Gasteiger partial charge in [-0.3, -0.25) is 4.98 Å². The summed E-state index contributed by atoms with van der Waals surface area (Å²) < 4.78 is 6.58. The first kappa shape index (κ1) is 35.4. The molecule has 0 atom stereocenters. The van der Waals surface area contributed by atoms with E-state index in [1.807, 2.05) is 24.4 Å². The molecule has 0 radical (unpaired) electrons. The zero-order valence-electron chi connectivity index (χ0n) is 30.5. The third-order valence-corrected chi connectivity index (χ3v) is 9.90. The molecule has 0 fully saturated rings. The summed E-state index contributed by atoms with van der Waals surface area (Å²) in [4.78, 5) is 9.99. The van der Waals surface area contributed by atoms with Crippen LogP contribution in [0.4, 0.5) is 0 Å². The van der Waals surface area contributed by atoms with Gasteiger partial charge in [0.2, 0.25) is 5.89 Å². The number of aromatic hydroxyl groups is 1. The van der Waals surface area contributed by atoms with Crippen molar-refractivity contribution in [3.8, 4) is 50.6 Å². The molecule has 262 valence electrons. The maximum absolute atomic E-state index is 11.0. The van der Waals surface area contributed by atoms with Crippen LogP contribution in [0, 0.1) is 13.0 Å². The quantitative estimate of drug-likeness (QED) is 0.179. The van der Waals surface area contributed by atoms with E-state index in [9.17, 15) is 5.11 Å². The number of fused-ring (bicyclic) bond motifs is 3.